The first-order valence-electron chi connectivity index (χ1n) is 4.68. The van der Waals surface area contributed by atoms with Gasteiger partial charge in [-0.1, -0.05) is 0 Å². The van der Waals surface area contributed by atoms with Crippen molar-refractivity contribution in [2.45, 2.75) is 50.9 Å². The topological polar surface area (TPSA) is 35.2 Å². The lowest BCUT2D eigenvalue weighted by Crippen LogP contribution is -2.38. The normalized spacial score (nSPS) is 50.7. The summed E-state index contributed by atoms with van der Waals surface area (Å²) in [5, 5.41) is 0. The number of nitrogens with two attached hydrogens (primary N) is 1. The molecule has 0 radical (unpaired) electrons. The van der Waals surface area contributed by atoms with Crippen LogP contribution in [0, 0.1) is 5.92 Å². The standard InChI is InChI=1S/C9H17NO/c1-6-5-7-8(10)3-2-4-9(7)11-6/h6-9H,2-5,10H2,1H3/t6-,7-,8+,9+/m1/s1. The lowest BCUT2D eigenvalue weighted by atomic mass is 9.82. The van der Waals surface area contributed by atoms with Crippen LogP contribution in [0.15, 0.2) is 0 Å². The van der Waals surface area contributed by atoms with E-state index in [4.69, 9.17) is 10.5 Å². The van der Waals surface area contributed by atoms with Crippen LogP contribution in [0.4, 0.5) is 0 Å². The van der Waals surface area contributed by atoms with Gasteiger partial charge in [0.25, 0.3) is 0 Å². The molecule has 1 aliphatic heterocycles. The summed E-state index contributed by atoms with van der Waals surface area (Å²) in [6, 6.07) is 0.415. The van der Waals surface area contributed by atoms with Gasteiger partial charge in [0.05, 0.1) is 12.2 Å². The largest absolute Gasteiger partial charge is 0.375 e. The Morgan fingerprint density at radius 3 is 2.91 bits per heavy atom. The van der Waals surface area contributed by atoms with Gasteiger partial charge in [-0.25, -0.2) is 0 Å². The molecule has 0 bridgehead atoms. The summed E-state index contributed by atoms with van der Waals surface area (Å²) in [6.45, 7) is 2.16. The molecule has 0 unspecified atom stereocenters. The predicted molar refractivity (Wildman–Crippen MR) is 44.3 cm³/mol. The molecule has 2 fully saturated rings. The van der Waals surface area contributed by atoms with E-state index in [2.05, 4.69) is 6.92 Å². The first kappa shape index (κ1) is 7.56. The van der Waals surface area contributed by atoms with E-state index < -0.39 is 0 Å². The van der Waals surface area contributed by atoms with Gasteiger partial charge in [0.2, 0.25) is 0 Å². The molecule has 2 N–H and O–H groups in total. The van der Waals surface area contributed by atoms with Crippen LogP contribution in [-0.2, 0) is 4.74 Å². The monoisotopic (exact) mass is 155 g/mol. The smallest absolute Gasteiger partial charge is 0.0622 e. The highest BCUT2D eigenvalue weighted by Gasteiger charge is 2.38. The molecule has 0 aromatic carbocycles. The molecule has 1 heterocycles. The zero-order valence-corrected chi connectivity index (χ0v) is 7.12. The number of fused-ring (bicyclic) bond motifs is 1. The molecule has 0 amide bonds. The van der Waals surface area contributed by atoms with E-state index in [9.17, 15) is 0 Å². The molecular weight excluding hydrogens is 138 g/mol. The van der Waals surface area contributed by atoms with Crippen molar-refractivity contribution < 1.29 is 4.74 Å². The maximum absolute atomic E-state index is 6.00. The van der Waals surface area contributed by atoms with Crippen LogP contribution in [0.25, 0.3) is 0 Å². The maximum Gasteiger partial charge on any atom is 0.0622 e. The third-order valence-electron chi connectivity index (χ3n) is 3.06. The Morgan fingerprint density at radius 2 is 2.18 bits per heavy atom. The van der Waals surface area contributed by atoms with Crippen LogP contribution in [0.1, 0.15) is 32.6 Å². The maximum atomic E-state index is 6.00. The Labute approximate surface area is 68.1 Å². The second-order valence-electron chi connectivity index (χ2n) is 3.98. The molecule has 1 saturated carbocycles. The van der Waals surface area contributed by atoms with Crippen molar-refractivity contribution in [2.75, 3.05) is 0 Å². The third kappa shape index (κ3) is 1.30. The van der Waals surface area contributed by atoms with Gasteiger partial charge in [0.1, 0.15) is 0 Å². The van der Waals surface area contributed by atoms with E-state index >= 15 is 0 Å². The highest BCUT2D eigenvalue weighted by Crippen LogP contribution is 2.36. The van der Waals surface area contributed by atoms with Crippen LogP contribution in [-0.4, -0.2) is 18.2 Å². The molecule has 2 heteroatoms. The lowest BCUT2D eigenvalue weighted by Gasteiger charge is -2.29. The van der Waals surface area contributed by atoms with Crippen molar-refractivity contribution in [1.82, 2.24) is 0 Å². The van der Waals surface area contributed by atoms with E-state index in [0.29, 0.717) is 24.2 Å². The Balaban J connectivity index is 2.03. The fourth-order valence-electron chi connectivity index (χ4n) is 2.49. The zero-order chi connectivity index (χ0) is 7.84. The first-order chi connectivity index (χ1) is 5.27. The van der Waals surface area contributed by atoms with Gasteiger partial charge < -0.3 is 10.5 Å². The van der Waals surface area contributed by atoms with Crippen LogP contribution in [0.5, 0.6) is 0 Å². The third-order valence-corrected chi connectivity index (χ3v) is 3.06. The highest BCUT2D eigenvalue weighted by molar-refractivity contribution is 4.90. The van der Waals surface area contributed by atoms with E-state index in [1.165, 1.54) is 25.7 Å². The second-order valence-corrected chi connectivity index (χ2v) is 3.98. The SMILES string of the molecule is C[C@@H]1C[C@H]2[C@H](CCC[C@@H]2N)O1. The van der Waals surface area contributed by atoms with Gasteiger partial charge in [0.15, 0.2) is 0 Å². The summed E-state index contributed by atoms with van der Waals surface area (Å²) in [4.78, 5) is 0. The van der Waals surface area contributed by atoms with Gasteiger partial charge >= 0.3 is 0 Å². The summed E-state index contributed by atoms with van der Waals surface area (Å²) >= 11 is 0. The van der Waals surface area contributed by atoms with Crippen molar-refractivity contribution in [1.29, 1.82) is 0 Å². The molecule has 2 rings (SSSR count). The van der Waals surface area contributed by atoms with E-state index in [-0.39, 0.29) is 0 Å². The Bertz CT molecular complexity index is 148. The minimum atomic E-state index is 0.415. The van der Waals surface area contributed by atoms with E-state index in [1.54, 1.807) is 0 Å². The van der Waals surface area contributed by atoms with E-state index in [1.807, 2.05) is 0 Å². The Hall–Kier alpha value is -0.0800. The average molecular weight is 155 g/mol. The molecule has 1 aliphatic carbocycles. The van der Waals surface area contributed by atoms with Crippen LogP contribution < -0.4 is 5.73 Å². The first-order valence-corrected chi connectivity index (χ1v) is 4.68. The average Bonchev–Trinajstić information content (AvgIpc) is 2.31. The quantitative estimate of drug-likeness (QED) is 0.572. The van der Waals surface area contributed by atoms with Crippen molar-refractivity contribution in [3.05, 3.63) is 0 Å². The lowest BCUT2D eigenvalue weighted by molar-refractivity contribution is 0.0230. The Kier molecular flexibility index (Phi) is 1.90. The fourth-order valence-corrected chi connectivity index (χ4v) is 2.49. The molecule has 11 heavy (non-hydrogen) atoms. The summed E-state index contributed by atoms with van der Waals surface area (Å²) in [6.07, 6.45) is 5.84. The van der Waals surface area contributed by atoms with Gasteiger partial charge in [-0.05, 0) is 32.6 Å². The summed E-state index contributed by atoms with van der Waals surface area (Å²) in [5.41, 5.74) is 6.00. The van der Waals surface area contributed by atoms with Crippen LogP contribution in [0.3, 0.4) is 0 Å². The molecule has 1 saturated heterocycles. The predicted octanol–water partition coefficient (Wildman–Crippen LogP) is 1.29. The highest BCUT2D eigenvalue weighted by atomic mass is 16.5. The minimum absolute atomic E-state index is 0.415. The van der Waals surface area contributed by atoms with Crippen molar-refractivity contribution in [3.63, 3.8) is 0 Å². The summed E-state index contributed by atoms with van der Waals surface area (Å²) < 4.78 is 5.76. The van der Waals surface area contributed by atoms with Crippen LogP contribution >= 0.6 is 0 Å². The van der Waals surface area contributed by atoms with Crippen molar-refractivity contribution in [3.8, 4) is 0 Å². The molecule has 64 valence electrons. The van der Waals surface area contributed by atoms with Crippen molar-refractivity contribution >= 4 is 0 Å². The molecule has 2 nitrogen and oxygen atoms in total. The van der Waals surface area contributed by atoms with E-state index in [0.717, 1.165) is 0 Å². The summed E-state index contributed by atoms with van der Waals surface area (Å²) in [5.74, 6) is 0.666. The van der Waals surface area contributed by atoms with Crippen LogP contribution in [0.2, 0.25) is 0 Å². The number of hydrogen-bond donors (Lipinski definition) is 1. The molecule has 0 spiro atoms. The van der Waals surface area contributed by atoms with Gasteiger partial charge in [-0.3, -0.25) is 0 Å². The molecule has 2 aliphatic rings. The van der Waals surface area contributed by atoms with Gasteiger partial charge in [-0.15, -0.1) is 0 Å². The molecular formula is C9H17NO. The van der Waals surface area contributed by atoms with Crippen molar-refractivity contribution in [2.24, 2.45) is 11.7 Å². The Morgan fingerprint density at radius 1 is 1.36 bits per heavy atom. The molecule has 0 aromatic heterocycles. The molecule has 4 atom stereocenters. The number of hydrogen-bond acceptors (Lipinski definition) is 2. The second kappa shape index (κ2) is 2.76. The molecule has 0 aromatic rings. The summed E-state index contributed by atoms with van der Waals surface area (Å²) in [7, 11) is 0. The number of rotatable bonds is 0. The minimum Gasteiger partial charge on any atom is -0.375 e. The zero-order valence-electron chi connectivity index (χ0n) is 7.12. The van der Waals surface area contributed by atoms with Gasteiger partial charge in [0, 0.05) is 12.0 Å². The number of ether oxygens (including phenoxy) is 1. The van der Waals surface area contributed by atoms with Gasteiger partial charge in [-0.2, -0.15) is 0 Å². The fraction of sp³-hybridized carbons (Fsp3) is 1.00.